The van der Waals surface area contributed by atoms with E-state index in [1.54, 1.807) is 20.8 Å². The first-order valence-corrected chi connectivity index (χ1v) is 8.96. The highest BCUT2D eigenvalue weighted by Crippen LogP contribution is 2.08. The number of ether oxygens (including phenoxy) is 1. The van der Waals surface area contributed by atoms with Gasteiger partial charge in [0.15, 0.2) is 0 Å². The molecule has 5 nitrogen and oxygen atoms in total. The van der Waals surface area contributed by atoms with Gasteiger partial charge in [-0.1, -0.05) is 19.1 Å². The first kappa shape index (κ1) is 16.0. The average Bonchev–Trinajstić information content (AvgIpc) is 2.08. The maximum absolute atomic E-state index is 11.4. The van der Waals surface area contributed by atoms with Crippen LogP contribution in [0, 0.1) is 0 Å². The molecule has 100 valence electrons. The van der Waals surface area contributed by atoms with Gasteiger partial charge >= 0.3 is 12.1 Å². The summed E-state index contributed by atoms with van der Waals surface area (Å²) in [6, 6.07) is 0.0343. The molecule has 0 aliphatic rings. The smallest absolute Gasteiger partial charge is 0.408 e. The minimum atomic E-state index is -1.01. The number of amides is 1. The normalized spacial score (nSPS) is 13.3. The van der Waals surface area contributed by atoms with Crippen molar-refractivity contribution in [1.82, 2.24) is 5.32 Å². The number of rotatable bonds is 5. The van der Waals surface area contributed by atoms with Crippen molar-refractivity contribution >= 4 is 20.9 Å². The highest BCUT2D eigenvalue weighted by atomic mass is 28.3. The van der Waals surface area contributed by atoms with Crippen molar-refractivity contribution in [2.75, 3.05) is 0 Å². The third kappa shape index (κ3) is 8.73. The predicted molar refractivity (Wildman–Crippen MR) is 69.1 cm³/mol. The Morgan fingerprint density at radius 1 is 1.35 bits per heavy atom. The third-order valence-electron chi connectivity index (χ3n) is 2.02. The van der Waals surface area contributed by atoms with E-state index in [1.807, 2.05) is 0 Å². The molecule has 0 unspecified atom stereocenters. The number of carboxylic acid groups (broad SMARTS) is 1. The summed E-state index contributed by atoms with van der Waals surface area (Å²) in [7, 11) is -0.811. The van der Waals surface area contributed by atoms with Crippen LogP contribution in [0.3, 0.4) is 0 Å². The lowest BCUT2D eigenvalue weighted by Crippen LogP contribution is -2.43. The summed E-state index contributed by atoms with van der Waals surface area (Å²) in [5, 5.41) is 11.4. The van der Waals surface area contributed by atoms with Gasteiger partial charge in [0.05, 0.1) is 0 Å². The van der Waals surface area contributed by atoms with Crippen LogP contribution in [-0.2, 0) is 9.53 Å². The van der Waals surface area contributed by atoms with Crippen molar-refractivity contribution < 1.29 is 19.4 Å². The van der Waals surface area contributed by atoms with Crippen LogP contribution in [0.1, 0.15) is 27.2 Å². The van der Waals surface area contributed by atoms with E-state index in [2.05, 4.69) is 18.4 Å². The van der Waals surface area contributed by atoms with Crippen LogP contribution in [0.5, 0.6) is 0 Å². The Bertz CT molecular complexity index is 273. The van der Waals surface area contributed by atoms with Gasteiger partial charge in [-0.2, -0.15) is 0 Å². The molecule has 0 aliphatic heterocycles. The van der Waals surface area contributed by atoms with E-state index >= 15 is 0 Å². The Balaban J connectivity index is 4.26. The molecule has 0 fully saturated rings. The molecule has 6 heteroatoms. The minimum absolute atomic E-state index is 0.471. The highest BCUT2D eigenvalue weighted by molar-refractivity contribution is 6.55. The van der Waals surface area contributed by atoms with Crippen LogP contribution in [0.25, 0.3) is 0 Å². The second kappa shape index (κ2) is 6.63. The largest absolute Gasteiger partial charge is 0.480 e. The number of nitrogens with one attached hydrogen (secondary N) is 1. The Morgan fingerprint density at radius 2 is 1.88 bits per heavy atom. The molecule has 0 aromatic rings. The molecule has 0 radical (unpaired) electrons. The van der Waals surface area contributed by atoms with Crippen LogP contribution in [-0.4, -0.2) is 37.6 Å². The van der Waals surface area contributed by atoms with Crippen molar-refractivity contribution in [3.05, 3.63) is 0 Å². The van der Waals surface area contributed by atoms with E-state index in [9.17, 15) is 9.59 Å². The summed E-state index contributed by atoms with van der Waals surface area (Å²) in [5.41, 5.74) is -0.611. The van der Waals surface area contributed by atoms with Gasteiger partial charge in [0.25, 0.3) is 0 Å². The van der Waals surface area contributed by atoms with Crippen LogP contribution in [0.2, 0.25) is 19.1 Å². The molecule has 0 aromatic heterocycles. The van der Waals surface area contributed by atoms with E-state index < -0.39 is 32.5 Å². The molecular formula is C11H23NO4Si. The SMILES string of the molecule is C[SiH](C)CC[C@@H](NC(=O)OC(C)(C)C)C(=O)O. The van der Waals surface area contributed by atoms with Crippen LogP contribution < -0.4 is 5.32 Å². The van der Waals surface area contributed by atoms with Gasteiger partial charge in [0, 0.05) is 8.80 Å². The number of carbonyl (C=O) groups is 2. The summed E-state index contributed by atoms with van der Waals surface area (Å²) in [5.74, 6) is -1.01. The lowest BCUT2D eigenvalue weighted by atomic mass is 10.2. The summed E-state index contributed by atoms with van der Waals surface area (Å²) in [6.45, 7) is 9.51. The second-order valence-electron chi connectivity index (χ2n) is 5.51. The fourth-order valence-electron chi connectivity index (χ4n) is 1.21. The quantitative estimate of drug-likeness (QED) is 0.740. The molecular weight excluding hydrogens is 238 g/mol. The second-order valence-corrected chi connectivity index (χ2v) is 8.87. The van der Waals surface area contributed by atoms with Gasteiger partial charge in [0.2, 0.25) is 0 Å². The summed E-state index contributed by atoms with van der Waals surface area (Å²) >= 11 is 0. The number of carboxylic acids is 1. The summed E-state index contributed by atoms with van der Waals surface area (Å²) in [6.07, 6.45) is -0.200. The zero-order valence-corrected chi connectivity index (χ0v) is 12.4. The molecule has 1 amide bonds. The molecule has 0 aromatic carbocycles. The Hall–Kier alpha value is -1.04. The molecule has 0 aliphatic carbocycles. The summed E-state index contributed by atoms with van der Waals surface area (Å²) < 4.78 is 5.02. The van der Waals surface area contributed by atoms with Crippen LogP contribution in [0.15, 0.2) is 0 Å². The zero-order valence-electron chi connectivity index (χ0n) is 11.2. The Labute approximate surface area is 104 Å². The van der Waals surface area contributed by atoms with Crippen molar-refractivity contribution in [2.24, 2.45) is 0 Å². The van der Waals surface area contributed by atoms with E-state index in [1.165, 1.54) is 0 Å². The van der Waals surface area contributed by atoms with Crippen molar-refractivity contribution in [3.8, 4) is 0 Å². The summed E-state index contributed by atoms with van der Waals surface area (Å²) in [4.78, 5) is 22.4. The topological polar surface area (TPSA) is 75.6 Å². The fourth-order valence-corrected chi connectivity index (χ4v) is 2.21. The predicted octanol–water partition coefficient (Wildman–Crippen LogP) is 1.84. The van der Waals surface area contributed by atoms with Gasteiger partial charge in [-0.05, 0) is 27.2 Å². The Kier molecular flexibility index (Phi) is 6.23. The number of hydrogen-bond acceptors (Lipinski definition) is 3. The molecule has 0 heterocycles. The Morgan fingerprint density at radius 3 is 2.24 bits per heavy atom. The standard InChI is InChI=1S/C11H23NO4Si/c1-11(2,3)16-10(15)12-8(9(13)14)6-7-17(4)5/h8,17H,6-7H2,1-5H3,(H,12,15)(H,13,14)/t8-/m1/s1. The zero-order chi connectivity index (χ0) is 13.6. The number of carbonyl (C=O) groups excluding carboxylic acids is 1. The van der Waals surface area contributed by atoms with E-state index in [0.29, 0.717) is 6.42 Å². The molecule has 1 atom stereocenters. The molecule has 0 saturated heterocycles. The number of alkyl carbamates (subject to hydrolysis) is 1. The maximum atomic E-state index is 11.4. The van der Waals surface area contributed by atoms with E-state index in [-0.39, 0.29) is 0 Å². The van der Waals surface area contributed by atoms with Gasteiger partial charge in [0.1, 0.15) is 11.6 Å². The number of aliphatic carboxylic acids is 1. The van der Waals surface area contributed by atoms with Crippen molar-refractivity contribution in [2.45, 2.75) is 58.0 Å². The molecule has 0 saturated carbocycles. The first-order chi connectivity index (χ1) is 7.61. The molecule has 0 spiro atoms. The van der Waals surface area contributed by atoms with Crippen LogP contribution in [0.4, 0.5) is 4.79 Å². The third-order valence-corrected chi connectivity index (χ3v) is 3.51. The molecule has 0 bridgehead atoms. The molecule has 2 N–H and O–H groups in total. The fraction of sp³-hybridized carbons (Fsp3) is 0.818. The number of hydrogen-bond donors (Lipinski definition) is 2. The van der Waals surface area contributed by atoms with E-state index in [4.69, 9.17) is 9.84 Å². The highest BCUT2D eigenvalue weighted by Gasteiger charge is 2.23. The van der Waals surface area contributed by atoms with E-state index in [0.717, 1.165) is 6.04 Å². The lowest BCUT2D eigenvalue weighted by molar-refractivity contribution is -0.139. The van der Waals surface area contributed by atoms with Crippen molar-refractivity contribution in [1.29, 1.82) is 0 Å². The van der Waals surface area contributed by atoms with Crippen molar-refractivity contribution in [3.63, 3.8) is 0 Å². The first-order valence-electron chi connectivity index (χ1n) is 5.84. The minimum Gasteiger partial charge on any atom is -0.480 e. The molecule has 17 heavy (non-hydrogen) atoms. The van der Waals surface area contributed by atoms with Gasteiger partial charge in [-0.3, -0.25) is 0 Å². The van der Waals surface area contributed by atoms with Gasteiger partial charge in [-0.15, -0.1) is 0 Å². The van der Waals surface area contributed by atoms with Gasteiger partial charge < -0.3 is 15.2 Å². The average molecular weight is 261 g/mol. The van der Waals surface area contributed by atoms with Gasteiger partial charge in [-0.25, -0.2) is 9.59 Å². The lowest BCUT2D eigenvalue weighted by Gasteiger charge is -2.22. The monoisotopic (exact) mass is 261 g/mol. The van der Waals surface area contributed by atoms with Crippen LogP contribution >= 0.6 is 0 Å². The maximum Gasteiger partial charge on any atom is 0.408 e. The molecule has 0 rings (SSSR count).